The first-order chi connectivity index (χ1) is 54.9. The molecule has 31 heteroatoms. The number of ketones is 5. The fourth-order valence-corrected chi connectivity index (χ4v) is 17.0. The Balaban J connectivity index is 1.01. The molecule has 31 nitrogen and oxygen atoms in total. The number of primary amides is 1. The maximum atomic E-state index is 14.7. The zero-order valence-corrected chi connectivity index (χ0v) is 70.5. The Labute approximate surface area is 683 Å². The first-order valence-corrected chi connectivity index (χ1v) is 41.5. The van der Waals surface area contributed by atoms with Gasteiger partial charge in [0.2, 0.25) is 29.5 Å². The third-order valence-corrected chi connectivity index (χ3v) is 24.0. The number of Topliss-reactive ketones (excluding diaryl/α,β-unsaturated/α-hetero) is 5. The number of carbonyl (C=O) groups is 11. The minimum atomic E-state index is -1.57. The normalized spacial score (nSPS) is 25.4. The van der Waals surface area contributed by atoms with Crippen LogP contribution in [0.25, 0.3) is 0 Å². The Bertz CT molecular complexity index is 3510. The molecule has 0 aliphatic carbocycles. The van der Waals surface area contributed by atoms with Gasteiger partial charge in [-0.2, -0.15) is 0 Å². The van der Waals surface area contributed by atoms with Crippen LogP contribution in [0.4, 0.5) is 4.79 Å². The number of nitrogens with zero attached hydrogens (tertiary/aromatic N) is 3. The number of ether oxygens (including phenoxy) is 5. The predicted octanol–water partition coefficient (Wildman–Crippen LogP) is 2.24. The second-order valence-corrected chi connectivity index (χ2v) is 33.7. The van der Waals surface area contributed by atoms with Crippen LogP contribution in [0, 0.1) is 47.3 Å². The van der Waals surface area contributed by atoms with Crippen LogP contribution in [0.15, 0.2) is 54.6 Å². The molecule has 14 N–H and O–H groups in total. The predicted molar refractivity (Wildman–Crippen MR) is 430 cm³/mol. The molecule has 4 saturated heterocycles. The number of carbonyl (C=O) groups excluding carboxylic acids is 11. The van der Waals surface area contributed by atoms with Crippen molar-refractivity contribution >= 4 is 64.5 Å². The molecule has 116 heavy (non-hydrogen) atoms. The molecule has 4 aliphatic rings. The SMILES string of the molecule is CC[C@H](C)C(C(CC(=O)N1CCCC1C(OC)C(C)C(=O)C[C@@H](Cc1ccccc1)C(=O)NCCc1ccc(CC(=O)[C@@H](CCCNC(N)=O)NC(=O)[C@H](CC(=O)C[C@@H]2O[C@H](CNC(=O)C[C@@H]3O[C@H](CCC(=O)C[C@@H]4O[C@H](CN)C(O)C4O)[C@@H](O)[C@H]3O)C(O)C2O)C(C)C)cc1)OC)N(C)C(=O)[C@@H](CC(=O)C(C(C)C)N(C)C)C(C)C. The van der Waals surface area contributed by atoms with Crippen molar-refractivity contribution in [3.8, 4) is 0 Å². The molecule has 2 aromatic carbocycles. The van der Waals surface area contributed by atoms with Crippen LogP contribution in [0.5, 0.6) is 0 Å². The first-order valence-electron chi connectivity index (χ1n) is 41.5. The van der Waals surface area contributed by atoms with Crippen molar-refractivity contribution in [1.82, 2.24) is 36.0 Å². The lowest BCUT2D eigenvalue weighted by Gasteiger charge is -2.41. The van der Waals surface area contributed by atoms with Crippen LogP contribution >= 0.6 is 0 Å². The summed E-state index contributed by atoms with van der Waals surface area (Å²) in [5.74, 6) is -7.06. The lowest BCUT2D eigenvalue weighted by molar-refractivity contribution is -0.149. The molecule has 0 saturated carbocycles. The number of nitrogens with one attached hydrogen (secondary N) is 4. The van der Waals surface area contributed by atoms with Gasteiger partial charge in [-0.15, -0.1) is 0 Å². The van der Waals surface area contributed by atoms with Gasteiger partial charge >= 0.3 is 6.03 Å². The monoisotopic (exact) mass is 1630 g/mol. The van der Waals surface area contributed by atoms with E-state index in [4.69, 9.17) is 35.2 Å². The van der Waals surface area contributed by atoms with E-state index < -0.39 is 170 Å². The van der Waals surface area contributed by atoms with Gasteiger partial charge in [0.25, 0.3) is 0 Å². The van der Waals surface area contributed by atoms with E-state index in [-0.39, 0.29) is 161 Å². The van der Waals surface area contributed by atoms with Crippen molar-refractivity contribution in [2.24, 2.45) is 58.8 Å². The third-order valence-electron chi connectivity index (χ3n) is 24.0. The number of rotatable bonds is 50. The van der Waals surface area contributed by atoms with Crippen molar-refractivity contribution in [2.45, 2.75) is 281 Å². The number of likely N-dealkylation sites (tertiary alicyclic amines) is 1. The minimum Gasteiger partial charge on any atom is -0.388 e. The maximum Gasteiger partial charge on any atom is 0.312 e. The lowest BCUT2D eigenvalue weighted by atomic mass is 9.83. The Hall–Kier alpha value is -7.11. The number of hydrogen-bond donors (Lipinski definition) is 12. The highest BCUT2D eigenvalue weighted by Crippen LogP contribution is 2.35. The average Bonchev–Trinajstić information content (AvgIpc) is 1.50. The van der Waals surface area contributed by atoms with Gasteiger partial charge in [0.05, 0.1) is 79.7 Å². The molecule has 10 unspecified atom stereocenters. The van der Waals surface area contributed by atoms with Crippen LogP contribution in [-0.2, 0) is 90.9 Å². The number of benzene rings is 2. The Morgan fingerprint density at radius 3 is 1.75 bits per heavy atom. The Morgan fingerprint density at radius 2 is 1.18 bits per heavy atom. The summed E-state index contributed by atoms with van der Waals surface area (Å²) in [5.41, 5.74) is 13.2. The fraction of sp³-hybridized carbons (Fsp3) is 0.729. The summed E-state index contributed by atoms with van der Waals surface area (Å²) < 4.78 is 29.4. The van der Waals surface area contributed by atoms with E-state index in [0.717, 1.165) is 11.1 Å². The highest BCUT2D eigenvalue weighted by molar-refractivity contribution is 5.94. The summed E-state index contributed by atoms with van der Waals surface area (Å²) in [6.07, 6.45) is -15.3. The number of aliphatic hydroxyl groups is 6. The molecule has 4 fully saturated rings. The molecular formula is C85H135N9O22. The minimum absolute atomic E-state index is 0.00247. The van der Waals surface area contributed by atoms with Gasteiger partial charge in [-0.05, 0) is 99.4 Å². The number of hydrogen-bond acceptors (Lipinski definition) is 24. The highest BCUT2D eigenvalue weighted by atomic mass is 16.6. The van der Waals surface area contributed by atoms with E-state index in [1.807, 2.05) is 103 Å². The Morgan fingerprint density at radius 1 is 0.603 bits per heavy atom. The molecule has 23 atom stereocenters. The van der Waals surface area contributed by atoms with Crippen molar-refractivity contribution in [3.63, 3.8) is 0 Å². The largest absolute Gasteiger partial charge is 0.388 e. The van der Waals surface area contributed by atoms with Gasteiger partial charge in [0.15, 0.2) is 11.6 Å². The Kier molecular flexibility index (Phi) is 39.6. The summed E-state index contributed by atoms with van der Waals surface area (Å²) in [4.78, 5) is 157. The summed E-state index contributed by atoms with van der Waals surface area (Å²) >= 11 is 0. The number of urea groups is 1. The molecule has 652 valence electrons. The highest BCUT2D eigenvalue weighted by Gasteiger charge is 2.49. The average molecular weight is 1640 g/mol. The van der Waals surface area contributed by atoms with Crippen LogP contribution in [0.3, 0.4) is 0 Å². The van der Waals surface area contributed by atoms with Crippen molar-refractivity contribution in [3.05, 3.63) is 71.3 Å². The van der Waals surface area contributed by atoms with Gasteiger partial charge in [-0.3, -0.25) is 52.8 Å². The molecule has 4 heterocycles. The molecular weight excluding hydrogens is 1500 g/mol. The van der Waals surface area contributed by atoms with E-state index in [9.17, 15) is 83.4 Å². The molecule has 0 spiro atoms. The van der Waals surface area contributed by atoms with Crippen molar-refractivity contribution in [2.75, 3.05) is 68.1 Å². The number of aliphatic hydroxyl groups excluding tert-OH is 6. The van der Waals surface area contributed by atoms with E-state index in [2.05, 4.69) is 21.3 Å². The van der Waals surface area contributed by atoms with E-state index >= 15 is 0 Å². The number of likely N-dealkylation sites (N-methyl/N-ethyl adjacent to an activating group) is 2. The van der Waals surface area contributed by atoms with E-state index in [1.54, 1.807) is 56.9 Å². The van der Waals surface area contributed by atoms with Crippen LogP contribution in [-0.4, -0.2) is 288 Å². The molecule has 0 radical (unpaired) electrons. The summed E-state index contributed by atoms with van der Waals surface area (Å²) in [5, 5.41) is 74.7. The molecule has 2 aromatic rings. The second kappa shape index (κ2) is 47.0. The summed E-state index contributed by atoms with van der Waals surface area (Å²) in [6, 6.07) is 13.4. The van der Waals surface area contributed by atoms with Crippen molar-refractivity contribution in [1.29, 1.82) is 0 Å². The third kappa shape index (κ3) is 27.7. The maximum absolute atomic E-state index is 14.7. The smallest absolute Gasteiger partial charge is 0.312 e. The number of amides is 7. The van der Waals surface area contributed by atoms with Gasteiger partial charge in [-0.25, -0.2) is 4.79 Å². The van der Waals surface area contributed by atoms with Crippen molar-refractivity contribution < 1.29 is 107 Å². The van der Waals surface area contributed by atoms with Gasteiger partial charge in [-0.1, -0.05) is 123 Å². The van der Waals surface area contributed by atoms with Crippen LogP contribution in [0.2, 0.25) is 0 Å². The number of nitrogens with two attached hydrogens (primary N) is 2. The van der Waals surface area contributed by atoms with E-state index in [0.29, 0.717) is 37.8 Å². The zero-order valence-electron chi connectivity index (χ0n) is 70.5. The molecule has 4 aliphatic heterocycles. The second-order valence-electron chi connectivity index (χ2n) is 33.7. The molecule has 0 bridgehead atoms. The zero-order chi connectivity index (χ0) is 86.1. The lowest BCUT2D eigenvalue weighted by Crippen LogP contribution is -2.54. The fourth-order valence-electron chi connectivity index (χ4n) is 17.0. The quantitative estimate of drug-likeness (QED) is 0.0423. The molecule has 0 aromatic heterocycles. The number of methoxy groups -OCH3 is 2. The molecule has 7 amide bonds. The van der Waals surface area contributed by atoms with Crippen LogP contribution in [0.1, 0.15) is 169 Å². The topological polar surface area (TPSA) is 465 Å². The summed E-state index contributed by atoms with van der Waals surface area (Å²) in [6.45, 7) is 17.5. The van der Waals surface area contributed by atoms with Gasteiger partial charge in [0, 0.05) is 123 Å². The summed E-state index contributed by atoms with van der Waals surface area (Å²) in [7, 11) is 8.56. The standard InChI is InChI=1S/C85H135N9O22/c1-15-49(8)74(93(12)84(110)58(47(4)5)41-63(99)73(48(6)7)92(10)11)65(112-13)43-72(101)94-34-20-24-60(94)81(113-14)50(9)61(97)37-54(35-52-21-17-16-18-22-52)82(108)88-33-31-51-25-27-53(28-26-51)36-62(98)59(23-19-32-89-85(87)111)91-83(109)57(46(2)3)38-56(96)40-67-77(104)80(107)70(116-67)45-90-71(100)42-68-78(105)75(102)64(114-68)30-29-55(95)39-66-76(103)79(106)69(44-86)115-66/h16-18,21-22,25-28,46-50,54,57-60,64-70,73-81,102-107H,15,19-20,23-24,29-45,86H2,1-14H3,(H,88,108)(H,90,100)(H,91,109)(H3,87,89,111)/t49-,50?,54+,57+,58-,59+,60?,64+,65?,66-,67-,68-,69+,70+,73?,74?,75+,76?,77?,78-,79?,80?,81?/m0/s1. The van der Waals surface area contributed by atoms with Crippen LogP contribution < -0.4 is 32.7 Å². The van der Waals surface area contributed by atoms with Gasteiger partial charge in [0.1, 0.15) is 60.1 Å². The van der Waals surface area contributed by atoms with Gasteiger partial charge < -0.3 is 96.9 Å². The molecule has 6 rings (SSSR count). The van der Waals surface area contributed by atoms with E-state index in [1.165, 1.54) is 7.11 Å². The first kappa shape index (κ1) is 97.7.